The summed E-state index contributed by atoms with van der Waals surface area (Å²) < 4.78 is 12.7. The lowest BCUT2D eigenvalue weighted by molar-refractivity contribution is -0.126. The van der Waals surface area contributed by atoms with Crippen molar-refractivity contribution in [3.63, 3.8) is 0 Å². The van der Waals surface area contributed by atoms with Crippen LogP contribution in [0.5, 0.6) is 11.5 Å². The predicted octanol–water partition coefficient (Wildman–Crippen LogP) is 5.47. The number of benzene rings is 3. The number of ether oxygens (including phenoxy) is 2. The highest BCUT2D eigenvalue weighted by Gasteiger charge is 2.25. The van der Waals surface area contributed by atoms with Gasteiger partial charge in [0.25, 0.3) is 0 Å². The Hall–Kier alpha value is -5.11. The summed E-state index contributed by atoms with van der Waals surface area (Å²) in [6, 6.07) is 25.9. The van der Waals surface area contributed by atoms with Gasteiger partial charge in [0.1, 0.15) is 23.6 Å². The SMILES string of the molecule is COc1ccc(-n2cc(-c3ccccc3)c3c(N4CCN(C(=O)C=Cc5cccc(OC)c5)CC4)ncnc32)cc1. The van der Waals surface area contributed by atoms with E-state index in [1.165, 1.54) is 0 Å². The maximum atomic E-state index is 13.0. The molecule has 8 nitrogen and oxygen atoms in total. The van der Waals surface area contributed by atoms with E-state index in [0.717, 1.165) is 50.7 Å². The zero-order valence-electron chi connectivity index (χ0n) is 23.1. The molecular weight excluding hydrogens is 514 g/mol. The zero-order chi connectivity index (χ0) is 28.2. The second-order valence-corrected chi connectivity index (χ2v) is 9.79. The van der Waals surface area contributed by atoms with Gasteiger partial charge in [0, 0.05) is 49.7 Å². The van der Waals surface area contributed by atoms with Crippen molar-refractivity contribution < 1.29 is 14.3 Å². The molecule has 0 N–H and O–H groups in total. The maximum Gasteiger partial charge on any atom is 0.246 e. The van der Waals surface area contributed by atoms with Crippen LogP contribution >= 0.6 is 0 Å². The third-order valence-corrected chi connectivity index (χ3v) is 7.40. The molecule has 8 heteroatoms. The fraction of sp³-hybridized carbons (Fsp3) is 0.182. The van der Waals surface area contributed by atoms with Crippen LogP contribution in [0.15, 0.2) is 97.5 Å². The second-order valence-electron chi connectivity index (χ2n) is 9.79. The van der Waals surface area contributed by atoms with Crippen LogP contribution < -0.4 is 14.4 Å². The highest BCUT2D eigenvalue weighted by Crippen LogP contribution is 2.37. The van der Waals surface area contributed by atoms with E-state index in [-0.39, 0.29) is 5.91 Å². The van der Waals surface area contributed by atoms with Crippen molar-refractivity contribution in [2.24, 2.45) is 0 Å². The number of hydrogen-bond donors (Lipinski definition) is 0. The molecule has 1 fully saturated rings. The maximum absolute atomic E-state index is 13.0. The summed E-state index contributed by atoms with van der Waals surface area (Å²) in [5.41, 5.74) is 4.90. The number of anilines is 1. The molecule has 0 bridgehead atoms. The first-order chi connectivity index (χ1) is 20.1. The quantitative estimate of drug-likeness (QED) is 0.253. The summed E-state index contributed by atoms with van der Waals surface area (Å²) in [6.07, 6.45) is 7.22. The fourth-order valence-electron chi connectivity index (χ4n) is 5.22. The van der Waals surface area contributed by atoms with E-state index in [2.05, 4.69) is 27.8 Å². The minimum absolute atomic E-state index is 0.00376. The average molecular weight is 546 g/mol. The van der Waals surface area contributed by atoms with E-state index >= 15 is 0 Å². The van der Waals surface area contributed by atoms with Gasteiger partial charge in [-0.1, -0.05) is 42.5 Å². The molecule has 0 spiro atoms. The summed E-state index contributed by atoms with van der Waals surface area (Å²) in [4.78, 5) is 26.6. The Bertz CT molecular complexity index is 1690. The van der Waals surface area contributed by atoms with Gasteiger partial charge in [-0.15, -0.1) is 0 Å². The Labute approximate surface area is 239 Å². The van der Waals surface area contributed by atoms with Crippen molar-refractivity contribution >= 4 is 28.8 Å². The van der Waals surface area contributed by atoms with E-state index in [9.17, 15) is 4.79 Å². The van der Waals surface area contributed by atoms with Crippen LogP contribution in [0.2, 0.25) is 0 Å². The molecule has 1 aliphatic rings. The molecule has 1 saturated heterocycles. The van der Waals surface area contributed by atoms with Crippen LogP contribution in [-0.4, -0.2) is 65.7 Å². The standard InChI is InChI=1S/C33H31N5O3/c1-40-27-14-12-26(13-15-27)38-22-29(25-8-4-3-5-9-25)31-32(34-23-35-33(31)38)37-19-17-36(18-20-37)30(39)16-11-24-7-6-10-28(21-24)41-2/h3-16,21-23H,17-20H2,1-2H3. The number of fused-ring (bicyclic) bond motifs is 1. The molecular formula is C33H31N5O3. The molecule has 3 heterocycles. The number of carbonyl (C=O) groups excluding carboxylic acids is 1. The Balaban J connectivity index is 1.28. The number of rotatable bonds is 7. The topological polar surface area (TPSA) is 72.7 Å². The first-order valence-corrected chi connectivity index (χ1v) is 13.6. The fourth-order valence-corrected chi connectivity index (χ4v) is 5.22. The van der Waals surface area contributed by atoms with Gasteiger partial charge in [-0.25, -0.2) is 9.97 Å². The summed E-state index contributed by atoms with van der Waals surface area (Å²) in [5, 5.41) is 0.993. The molecule has 0 radical (unpaired) electrons. The number of carbonyl (C=O) groups is 1. The zero-order valence-corrected chi connectivity index (χ0v) is 23.1. The molecule has 3 aromatic carbocycles. The van der Waals surface area contributed by atoms with Crippen molar-refractivity contribution in [1.82, 2.24) is 19.4 Å². The molecule has 5 aromatic rings. The molecule has 1 aliphatic heterocycles. The van der Waals surface area contributed by atoms with Crippen LogP contribution in [0, 0.1) is 0 Å². The third kappa shape index (κ3) is 5.36. The van der Waals surface area contributed by atoms with E-state index in [4.69, 9.17) is 19.4 Å². The summed E-state index contributed by atoms with van der Waals surface area (Å²) in [5.74, 6) is 2.44. The van der Waals surface area contributed by atoms with Gasteiger partial charge >= 0.3 is 0 Å². The lowest BCUT2D eigenvalue weighted by Gasteiger charge is -2.35. The van der Waals surface area contributed by atoms with Crippen molar-refractivity contribution in [3.8, 4) is 28.3 Å². The smallest absolute Gasteiger partial charge is 0.246 e. The van der Waals surface area contributed by atoms with Crippen LogP contribution in [0.4, 0.5) is 5.82 Å². The average Bonchev–Trinajstić information content (AvgIpc) is 3.44. The largest absolute Gasteiger partial charge is 0.497 e. The Kier molecular flexibility index (Phi) is 7.36. The normalized spacial score (nSPS) is 13.6. The molecule has 206 valence electrons. The Morgan fingerprint density at radius 2 is 1.59 bits per heavy atom. The second kappa shape index (κ2) is 11.6. The number of hydrogen-bond acceptors (Lipinski definition) is 6. The molecule has 0 saturated carbocycles. The third-order valence-electron chi connectivity index (χ3n) is 7.40. The lowest BCUT2D eigenvalue weighted by Crippen LogP contribution is -2.48. The number of piperazine rings is 1. The Morgan fingerprint density at radius 1 is 0.829 bits per heavy atom. The van der Waals surface area contributed by atoms with E-state index < -0.39 is 0 Å². The molecule has 0 unspecified atom stereocenters. The van der Waals surface area contributed by atoms with Gasteiger partial charge in [0.15, 0.2) is 5.65 Å². The van der Waals surface area contributed by atoms with Crippen molar-refractivity contribution in [2.45, 2.75) is 0 Å². The van der Waals surface area contributed by atoms with Crippen LogP contribution in [0.1, 0.15) is 5.56 Å². The number of amides is 1. The van der Waals surface area contributed by atoms with E-state index in [1.807, 2.05) is 77.7 Å². The number of methoxy groups -OCH3 is 2. The minimum Gasteiger partial charge on any atom is -0.497 e. The first-order valence-electron chi connectivity index (χ1n) is 13.6. The lowest BCUT2D eigenvalue weighted by atomic mass is 10.1. The number of aromatic nitrogens is 3. The van der Waals surface area contributed by atoms with Gasteiger partial charge in [-0.3, -0.25) is 4.79 Å². The first kappa shape index (κ1) is 26.1. The van der Waals surface area contributed by atoms with Crippen LogP contribution in [0.25, 0.3) is 33.9 Å². The molecule has 41 heavy (non-hydrogen) atoms. The van der Waals surface area contributed by atoms with Crippen molar-refractivity contribution in [1.29, 1.82) is 0 Å². The number of nitrogens with zero attached hydrogens (tertiary/aromatic N) is 5. The molecule has 1 amide bonds. The van der Waals surface area contributed by atoms with Gasteiger partial charge in [0.05, 0.1) is 19.6 Å². The molecule has 6 rings (SSSR count). The molecule has 0 atom stereocenters. The van der Waals surface area contributed by atoms with Gasteiger partial charge in [0.2, 0.25) is 5.91 Å². The van der Waals surface area contributed by atoms with Gasteiger partial charge in [-0.2, -0.15) is 0 Å². The van der Waals surface area contributed by atoms with E-state index in [0.29, 0.717) is 26.2 Å². The molecule has 2 aromatic heterocycles. The van der Waals surface area contributed by atoms with E-state index in [1.54, 1.807) is 26.6 Å². The van der Waals surface area contributed by atoms with Gasteiger partial charge < -0.3 is 23.8 Å². The summed E-state index contributed by atoms with van der Waals surface area (Å²) in [6.45, 7) is 2.55. The monoisotopic (exact) mass is 545 g/mol. The van der Waals surface area contributed by atoms with Crippen LogP contribution in [0.3, 0.4) is 0 Å². The Morgan fingerprint density at radius 3 is 2.32 bits per heavy atom. The van der Waals surface area contributed by atoms with Crippen molar-refractivity contribution in [2.75, 3.05) is 45.3 Å². The van der Waals surface area contributed by atoms with Crippen molar-refractivity contribution in [3.05, 3.63) is 103 Å². The minimum atomic E-state index is -0.00376. The molecule has 0 aliphatic carbocycles. The summed E-state index contributed by atoms with van der Waals surface area (Å²) in [7, 11) is 3.30. The summed E-state index contributed by atoms with van der Waals surface area (Å²) >= 11 is 0. The predicted molar refractivity (Wildman–Crippen MR) is 162 cm³/mol. The highest BCUT2D eigenvalue weighted by molar-refractivity contribution is 6.02. The van der Waals surface area contributed by atoms with Crippen LogP contribution in [-0.2, 0) is 4.79 Å². The highest BCUT2D eigenvalue weighted by atomic mass is 16.5. The van der Waals surface area contributed by atoms with Gasteiger partial charge in [-0.05, 0) is 53.6 Å².